The maximum atomic E-state index is 12.9. The van der Waals surface area contributed by atoms with Gasteiger partial charge in [0.1, 0.15) is 12.1 Å². The van der Waals surface area contributed by atoms with Gasteiger partial charge in [-0.1, -0.05) is 29.8 Å². The molecule has 0 amide bonds. The molecule has 0 unspecified atom stereocenters. The summed E-state index contributed by atoms with van der Waals surface area (Å²) in [7, 11) is 0. The zero-order chi connectivity index (χ0) is 24.3. The average Bonchev–Trinajstić information content (AvgIpc) is 3.10. The van der Waals surface area contributed by atoms with E-state index in [9.17, 15) is 9.59 Å². The molecule has 6 rings (SSSR count). The summed E-state index contributed by atoms with van der Waals surface area (Å²) in [6.45, 7) is 6.58. The summed E-state index contributed by atoms with van der Waals surface area (Å²) in [5.41, 5.74) is 3.91. The topological polar surface area (TPSA) is 55.2 Å². The van der Waals surface area contributed by atoms with Crippen LogP contribution >= 0.6 is 11.6 Å². The second kappa shape index (κ2) is 8.56. The number of nitrogens with zero attached hydrogens (tertiary/aromatic N) is 3. The van der Waals surface area contributed by atoms with Gasteiger partial charge in [0.05, 0.1) is 27.0 Å². The lowest BCUT2D eigenvalue weighted by molar-refractivity contribution is -0.112. The van der Waals surface area contributed by atoms with Gasteiger partial charge < -0.3 is 9.69 Å². The molecule has 5 nitrogen and oxygen atoms in total. The van der Waals surface area contributed by atoms with Crippen LogP contribution in [0.3, 0.4) is 0 Å². The van der Waals surface area contributed by atoms with Crippen LogP contribution in [0.15, 0.2) is 41.2 Å². The number of piperidine rings is 1. The van der Waals surface area contributed by atoms with E-state index in [1.807, 2.05) is 12.1 Å². The first-order valence-corrected chi connectivity index (χ1v) is 13.3. The highest BCUT2D eigenvalue weighted by Gasteiger charge is 2.39. The minimum absolute atomic E-state index is 0.257. The third-order valence-electron chi connectivity index (χ3n) is 8.81. The summed E-state index contributed by atoms with van der Waals surface area (Å²) in [5, 5.41) is 0.935. The Kier molecular flexibility index (Phi) is 5.61. The van der Waals surface area contributed by atoms with Gasteiger partial charge in [-0.05, 0) is 101 Å². The highest BCUT2D eigenvalue weighted by atomic mass is 35.5. The fourth-order valence-electron chi connectivity index (χ4n) is 6.71. The van der Waals surface area contributed by atoms with Crippen molar-refractivity contribution in [1.82, 2.24) is 14.5 Å². The number of benzene rings is 2. The van der Waals surface area contributed by atoms with Crippen molar-refractivity contribution < 1.29 is 4.79 Å². The molecule has 2 aromatic carbocycles. The van der Waals surface area contributed by atoms with Gasteiger partial charge in [-0.3, -0.25) is 9.36 Å². The molecule has 1 saturated heterocycles. The Bertz CT molecular complexity index is 1360. The number of fused-ring (bicyclic) bond motifs is 5. The fourth-order valence-corrected chi connectivity index (χ4v) is 6.96. The van der Waals surface area contributed by atoms with Crippen LogP contribution in [-0.2, 0) is 10.2 Å². The lowest BCUT2D eigenvalue weighted by Crippen LogP contribution is -2.42. The number of carbonyl (C=O) groups excluding carboxylic acids is 1. The molecule has 1 aliphatic carbocycles. The number of aldehydes is 1. The Balaban J connectivity index is 1.28. The molecule has 0 radical (unpaired) electrons. The average molecular weight is 490 g/mol. The molecule has 2 aliphatic heterocycles. The van der Waals surface area contributed by atoms with Crippen LogP contribution < -0.4 is 5.56 Å². The molecule has 0 bridgehead atoms. The molecule has 0 N–H and O–H groups in total. The Hall–Kier alpha value is -2.50. The van der Waals surface area contributed by atoms with Gasteiger partial charge in [0.15, 0.2) is 0 Å². The molecule has 1 saturated carbocycles. The molecule has 182 valence electrons. The number of carbonyl (C=O) groups is 1. The lowest BCUT2D eigenvalue weighted by Gasteiger charge is -2.40. The van der Waals surface area contributed by atoms with Crippen LogP contribution in [0, 0.1) is 5.92 Å². The SMILES string of the molecule is CC1(C)c2cc(C3CCN(C4CCC(C=O)CC4)CC3)ccc2-n2c1nc(=O)c1c(Cl)cccc12. The summed E-state index contributed by atoms with van der Waals surface area (Å²) >= 11 is 6.40. The molecule has 0 atom stereocenters. The van der Waals surface area contributed by atoms with Crippen LogP contribution in [0.1, 0.15) is 75.2 Å². The molecule has 0 spiro atoms. The molecule has 35 heavy (non-hydrogen) atoms. The van der Waals surface area contributed by atoms with Crippen molar-refractivity contribution in [3.8, 4) is 5.69 Å². The normalized spacial score (nSPS) is 24.3. The minimum Gasteiger partial charge on any atom is -0.303 e. The smallest absolute Gasteiger partial charge is 0.282 e. The quantitative estimate of drug-likeness (QED) is 0.448. The lowest BCUT2D eigenvalue weighted by atomic mass is 9.81. The zero-order valence-corrected chi connectivity index (χ0v) is 21.2. The summed E-state index contributed by atoms with van der Waals surface area (Å²) in [6.07, 6.45) is 7.88. The Morgan fingerprint density at radius 2 is 1.77 bits per heavy atom. The van der Waals surface area contributed by atoms with E-state index in [1.165, 1.54) is 11.1 Å². The third-order valence-corrected chi connectivity index (χ3v) is 9.13. The highest BCUT2D eigenvalue weighted by Crippen LogP contribution is 2.45. The van der Waals surface area contributed by atoms with Gasteiger partial charge in [0.2, 0.25) is 0 Å². The predicted molar refractivity (Wildman–Crippen MR) is 140 cm³/mol. The van der Waals surface area contributed by atoms with E-state index in [0.717, 1.165) is 74.9 Å². The van der Waals surface area contributed by atoms with E-state index >= 15 is 0 Å². The summed E-state index contributed by atoms with van der Waals surface area (Å²) in [5.74, 6) is 1.60. The van der Waals surface area contributed by atoms with Crippen molar-refractivity contribution >= 4 is 28.8 Å². The predicted octanol–water partition coefficient (Wildman–Crippen LogP) is 5.62. The number of likely N-dealkylation sites (tertiary alicyclic amines) is 1. The van der Waals surface area contributed by atoms with Crippen molar-refractivity contribution in [2.24, 2.45) is 5.92 Å². The molecule has 6 heteroatoms. The monoisotopic (exact) mass is 489 g/mol. The standard InChI is InChI=1S/C29H32ClN3O2/c1-29(2)22-16-20(19-12-14-32(15-13-19)21-9-6-18(17-34)7-10-21)8-11-24(22)33-25-5-3-4-23(30)26(25)27(35)31-28(29)33/h3-5,8,11,16-19,21H,6-7,9-10,12-15H2,1-2H3. The van der Waals surface area contributed by atoms with Crippen molar-refractivity contribution in [3.63, 3.8) is 0 Å². The third kappa shape index (κ3) is 3.66. The van der Waals surface area contributed by atoms with Crippen LogP contribution in [0.5, 0.6) is 0 Å². The van der Waals surface area contributed by atoms with Gasteiger partial charge >= 0.3 is 0 Å². The summed E-state index contributed by atoms with van der Waals surface area (Å²) in [6, 6.07) is 13.1. The Labute approximate surface area is 211 Å². The van der Waals surface area contributed by atoms with Crippen molar-refractivity contribution in [1.29, 1.82) is 0 Å². The Morgan fingerprint density at radius 1 is 1.03 bits per heavy atom. The van der Waals surface area contributed by atoms with Gasteiger partial charge in [-0.2, -0.15) is 4.98 Å². The van der Waals surface area contributed by atoms with E-state index in [1.54, 1.807) is 6.07 Å². The second-order valence-corrected chi connectivity index (χ2v) is 11.5. The van der Waals surface area contributed by atoms with Gasteiger partial charge in [0.25, 0.3) is 5.56 Å². The molecule has 2 fully saturated rings. The first-order valence-electron chi connectivity index (χ1n) is 12.9. The number of hydrogen-bond acceptors (Lipinski definition) is 4. The molecule has 1 aromatic heterocycles. The first kappa shape index (κ1) is 22.9. The first-order chi connectivity index (χ1) is 16.9. The van der Waals surface area contributed by atoms with E-state index in [0.29, 0.717) is 22.4 Å². The molecule has 3 aromatic rings. The maximum absolute atomic E-state index is 12.9. The van der Waals surface area contributed by atoms with E-state index in [-0.39, 0.29) is 16.9 Å². The van der Waals surface area contributed by atoms with Crippen molar-refractivity contribution in [2.45, 2.75) is 69.7 Å². The summed E-state index contributed by atoms with van der Waals surface area (Å²) in [4.78, 5) is 31.2. The van der Waals surface area contributed by atoms with Crippen molar-refractivity contribution in [3.05, 3.63) is 68.7 Å². The van der Waals surface area contributed by atoms with E-state index in [2.05, 4.69) is 46.5 Å². The van der Waals surface area contributed by atoms with Gasteiger partial charge in [0, 0.05) is 12.0 Å². The van der Waals surface area contributed by atoms with Crippen LogP contribution in [-0.4, -0.2) is 39.9 Å². The fraction of sp³-hybridized carbons (Fsp3) is 0.483. The van der Waals surface area contributed by atoms with Gasteiger partial charge in [-0.25, -0.2) is 0 Å². The molecule has 3 aliphatic rings. The highest BCUT2D eigenvalue weighted by molar-refractivity contribution is 6.35. The molecular formula is C29H32ClN3O2. The largest absolute Gasteiger partial charge is 0.303 e. The van der Waals surface area contributed by atoms with Gasteiger partial charge in [-0.15, -0.1) is 0 Å². The number of aromatic nitrogens is 2. The second-order valence-electron chi connectivity index (χ2n) is 11.1. The number of hydrogen-bond donors (Lipinski definition) is 0. The zero-order valence-electron chi connectivity index (χ0n) is 20.5. The van der Waals surface area contributed by atoms with Crippen LogP contribution in [0.25, 0.3) is 16.6 Å². The van der Waals surface area contributed by atoms with Crippen LogP contribution in [0.4, 0.5) is 0 Å². The maximum Gasteiger partial charge on any atom is 0.282 e. The van der Waals surface area contributed by atoms with E-state index in [4.69, 9.17) is 11.6 Å². The van der Waals surface area contributed by atoms with E-state index < -0.39 is 0 Å². The Morgan fingerprint density at radius 3 is 2.49 bits per heavy atom. The summed E-state index contributed by atoms with van der Waals surface area (Å²) < 4.78 is 2.13. The number of halogens is 1. The van der Waals surface area contributed by atoms with Crippen LogP contribution in [0.2, 0.25) is 5.02 Å². The minimum atomic E-state index is -0.362. The molecule has 3 heterocycles. The number of rotatable bonds is 3. The van der Waals surface area contributed by atoms with Crippen molar-refractivity contribution in [2.75, 3.05) is 13.1 Å². The molecular weight excluding hydrogens is 458 g/mol.